The van der Waals surface area contributed by atoms with Gasteiger partial charge in [-0.1, -0.05) is 0 Å². The molecule has 0 bridgehead atoms. The normalized spacial score (nSPS) is 16.0. The van der Waals surface area contributed by atoms with E-state index in [0.29, 0.717) is 26.3 Å². The van der Waals surface area contributed by atoms with Crippen LogP contribution in [0.1, 0.15) is 24.2 Å². The molecule has 25 heavy (non-hydrogen) atoms. The van der Waals surface area contributed by atoms with Gasteiger partial charge in [0.15, 0.2) is 0 Å². The summed E-state index contributed by atoms with van der Waals surface area (Å²) in [5.74, 6) is -1.07. The first-order chi connectivity index (χ1) is 11.8. The van der Waals surface area contributed by atoms with Crippen molar-refractivity contribution in [2.24, 2.45) is 0 Å². The van der Waals surface area contributed by atoms with Crippen LogP contribution < -0.4 is 10.0 Å². The van der Waals surface area contributed by atoms with Crippen LogP contribution >= 0.6 is 0 Å². The van der Waals surface area contributed by atoms with Gasteiger partial charge in [0.1, 0.15) is 5.82 Å². The maximum absolute atomic E-state index is 13.5. The third-order valence-electron chi connectivity index (χ3n) is 3.92. The Morgan fingerprint density at radius 1 is 1.32 bits per heavy atom. The number of halogens is 1. The number of benzene rings is 1. The lowest BCUT2D eigenvalue weighted by atomic mass is 10.1. The van der Waals surface area contributed by atoms with E-state index in [9.17, 15) is 17.6 Å². The molecule has 0 atom stereocenters. The summed E-state index contributed by atoms with van der Waals surface area (Å²) in [4.78, 5) is 14.5. The van der Waals surface area contributed by atoms with Crippen molar-refractivity contribution < 1.29 is 22.3 Å². The lowest BCUT2D eigenvalue weighted by Crippen LogP contribution is -2.41. The minimum Gasteiger partial charge on any atom is -0.379 e. The molecule has 0 radical (unpaired) electrons. The van der Waals surface area contributed by atoms with Crippen LogP contribution in [0.5, 0.6) is 0 Å². The second kappa shape index (κ2) is 8.59. The van der Waals surface area contributed by atoms with Crippen LogP contribution in [0.4, 0.5) is 10.1 Å². The van der Waals surface area contributed by atoms with Crippen molar-refractivity contribution in [1.29, 1.82) is 0 Å². The number of anilines is 1. The number of rotatable bonds is 7. The second-order valence-corrected chi connectivity index (χ2v) is 8.33. The van der Waals surface area contributed by atoms with Crippen LogP contribution in [0.2, 0.25) is 0 Å². The van der Waals surface area contributed by atoms with Crippen molar-refractivity contribution in [3.05, 3.63) is 29.6 Å². The van der Waals surface area contributed by atoms with Gasteiger partial charge in [0.05, 0.1) is 29.7 Å². The van der Waals surface area contributed by atoms with Gasteiger partial charge >= 0.3 is 0 Å². The van der Waals surface area contributed by atoms with E-state index in [1.807, 2.05) is 0 Å². The smallest absolute Gasteiger partial charge is 0.253 e. The number of hydrogen-bond donors (Lipinski definition) is 2. The van der Waals surface area contributed by atoms with Crippen LogP contribution in [-0.2, 0) is 14.8 Å². The molecule has 0 saturated carbocycles. The van der Waals surface area contributed by atoms with E-state index < -0.39 is 27.0 Å². The summed E-state index contributed by atoms with van der Waals surface area (Å²) >= 11 is 0. The van der Waals surface area contributed by atoms with Gasteiger partial charge in [-0.3, -0.25) is 14.4 Å². The Hall–Kier alpha value is -1.71. The van der Waals surface area contributed by atoms with Crippen LogP contribution in [-0.4, -0.2) is 63.9 Å². The first kappa shape index (κ1) is 19.6. The maximum atomic E-state index is 13.5. The summed E-state index contributed by atoms with van der Waals surface area (Å²) in [5, 5.41) is 2.04. The standard InChI is InChI=1S/C16H24FN3O4S/c1-12(2)25(22,23)19-15-11-13(17)3-4-14(15)16(21)18-5-6-20-7-9-24-10-8-20/h3-4,11-12,19H,5-10H2,1-2H3,(H,18,21). The van der Waals surface area contributed by atoms with Gasteiger partial charge < -0.3 is 10.1 Å². The number of amides is 1. The Morgan fingerprint density at radius 2 is 2.00 bits per heavy atom. The Labute approximate surface area is 147 Å². The van der Waals surface area contributed by atoms with Crippen molar-refractivity contribution in [1.82, 2.24) is 10.2 Å². The molecule has 0 unspecified atom stereocenters. The largest absolute Gasteiger partial charge is 0.379 e. The van der Waals surface area contributed by atoms with Gasteiger partial charge in [-0.15, -0.1) is 0 Å². The van der Waals surface area contributed by atoms with Gasteiger partial charge in [-0.25, -0.2) is 12.8 Å². The predicted octanol–water partition coefficient (Wildman–Crippen LogP) is 1.04. The Morgan fingerprint density at radius 3 is 2.64 bits per heavy atom. The molecule has 7 nitrogen and oxygen atoms in total. The van der Waals surface area contributed by atoms with E-state index in [4.69, 9.17) is 4.74 Å². The van der Waals surface area contributed by atoms with Gasteiger partial charge in [0.2, 0.25) is 10.0 Å². The van der Waals surface area contributed by atoms with E-state index in [1.165, 1.54) is 19.9 Å². The minimum atomic E-state index is -3.68. The second-order valence-electron chi connectivity index (χ2n) is 6.10. The SMILES string of the molecule is CC(C)S(=O)(=O)Nc1cc(F)ccc1C(=O)NCCN1CCOCC1. The molecule has 2 rings (SSSR count). The summed E-state index contributed by atoms with van der Waals surface area (Å²) in [7, 11) is -3.68. The number of hydrogen-bond acceptors (Lipinski definition) is 5. The number of carbonyl (C=O) groups excluding carboxylic acids is 1. The molecule has 1 saturated heterocycles. The van der Waals surface area contributed by atoms with Crippen LogP contribution in [0.25, 0.3) is 0 Å². The molecule has 1 fully saturated rings. The molecule has 1 aromatic carbocycles. The summed E-state index contributed by atoms with van der Waals surface area (Å²) < 4.78 is 45.1. The number of carbonyl (C=O) groups is 1. The summed E-state index contributed by atoms with van der Waals surface area (Å²) in [5.41, 5.74) is 0.0326. The predicted molar refractivity (Wildman–Crippen MR) is 93.7 cm³/mol. The number of nitrogens with zero attached hydrogens (tertiary/aromatic N) is 1. The zero-order valence-corrected chi connectivity index (χ0v) is 15.2. The zero-order chi connectivity index (χ0) is 18.4. The summed E-state index contributed by atoms with van der Waals surface area (Å²) in [6, 6.07) is 3.42. The first-order valence-corrected chi connectivity index (χ1v) is 9.73. The average molecular weight is 373 g/mol. The quantitative estimate of drug-likeness (QED) is 0.746. The highest BCUT2D eigenvalue weighted by molar-refractivity contribution is 7.93. The fourth-order valence-corrected chi connectivity index (χ4v) is 3.03. The van der Waals surface area contributed by atoms with E-state index in [1.54, 1.807) is 0 Å². The van der Waals surface area contributed by atoms with Crippen molar-refractivity contribution in [3.8, 4) is 0 Å². The third-order valence-corrected chi connectivity index (χ3v) is 5.66. The molecule has 0 aliphatic carbocycles. The summed E-state index contributed by atoms with van der Waals surface area (Å²) in [6.45, 7) is 7.06. The lowest BCUT2D eigenvalue weighted by Gasteiger charge is -2.26. The minimum absolute atomic E-state index is 0.0578. The monoisotopic (exact) mass is 373 g/mol. The van der Waals surface area contributed by atoms with Gasteiger partial charge in [0, 0.05) is 26.2 Å². The number of nitrogens with one attached hydrogen (secondary N) is 2. The van der Waals surface area contributed by atoms with Crippen molar-refractivity contribution in [3.63, 3.8) is 0 Å². The maximum Gasteiger partial charge on any atom is 0.253 e. The molecule has 140 valence electrons. The Balaban J connectivity index is 2.03. The zero-order valence-electron chi connectivity index (χ0n) is 14.4. The average Bonchev–Trinajstić information content (AvgIpc) is 2.55. The highest BCUT2D eigenvalue weighted by Crippen LogP contribution is 2.20. The number of morpholine rings is 1. The number of ether oxygens (including phenoxy) is 1. The molecule has 0 aromatic heterocycles. The highest BCUT2D eigenvalue weighted by atomic mass is 32.2. The molecule has 1 heterocycles. The van der Waals surface area contributed by atoms with E-state index in [0.717, 1.165) is 25.2 Å². The molecule has 2 N–H and O–H groups in total. The fraction of sp³-hybridized carbons (Fsp3) is 0.562. The molecule has 1 aliphatic rings. The first-order valence-electron chi connectivity index (χ1n) is 8.19. The summed E-state index contributed by atoms with van der Waals surface area (Å²) in [6.07, 6.45) is 0. The van der Waals surface area contributed by atoms with E-state index in [2.05, 4.69) is 14.9 Å². The van der Waals surface area contributed by atoms with Crippen molar-refractivity contribution in [2.75, 3.05) is 44.1 Å². The molecule has 1 amide bonds. The van der Waals surface area contributed by atoms with E-state index >= 15 is 0 Å². The van der Waals surface area contributed by atoms with Crippen LogP contribution in [0, 0.1) is 5.82 Å². The molecule has 9 heteroatoms. The lowest BCUT2D eigenvalue weighted by molar-refractivity contribution is 0.0383. The van der Waals surface area contributed by atoms with E-state index in [-0.39, 0.29) is 11.3 Å². The Bertz CT molecular complexity index is 703. The van der Waals surface area contributed by atoms with Crippen LogP contribution in [0.3, 0.4) is 0 Å². The molecular formula is C16H24FN3O4S. The van der Waals surface area contributed by atoms with Crippen molar-refractivity contribution >= 4 is 21.6 Å². The molecular weight excluding hydrogens is 349 g/mol. The number of sulfonamides is 1. The van der Waals surface area contributed by atoms with Gasteiger partial charge in [-0.2, -0.15) is 0 Å². The third kappa shape index (κ3) is 5.65. The topological polar surface area (TPSA) is 87.7 Å². The molecule has 1 aromatic rings. The molecule has 0 spiro atoms. The Kier molecular flexibility index (Phi) is 6.74. The highest BCUT2D eigenvalue weighted by Gasteiger charge is 2.20. The van der Waals surface area contributed by atoms with Crippen LogP contribution in [0.15, 0.2) is 18.2 Å². The van der Waals surface area contributed by atoms with Gasteiger partial charge in [0.25, 0.3) is 5.91 Å². The fourth-order valence-electron chi connectivity index (χ4n) is 2.32. The van der Waals surface area contributed by atoms with Gasteiger partial charge in [-0.05, 0) is 32.0 Å². The molecule has 1 aliphatic heterocycles. The van der Waals surface area contributed by atoms with Crippen molar-refractivity contribution in [2.45, 2.75) is 19.1 Å².